The first kappa shape index (κ1) is 12.4. The molecular formula is C11H6BrFN2O3. The van der Waals surface area contributed by atoms with E-state index in [0.717, 1.165) is 12.4 Å². The maximum atomic E-state index is 12.6. The first-order valence-corrected chi connectivity index (χ1v) is 5.54. The molecule has 2 aromatic rings. The number of halogens is 2. The molecule has 0 amide bonds. The highest BCUT2D eigenvalue weighted by atomic mass is 79.9. The molecule has 1 heterocycles. The Morgan fingerprint density at radius 3 is 2.61 bits per heavy atom. The van der Waals surface area contributed by atoms with Gasteiger partial charge in [0.2, 0.25) is 0 Å². The molecule has 0 radical (unpaired) electrons. The second kappa shape index (κ2) is 5.09. The molecule has 0 unspecified atom stereocenters. The standard InChI is InChI=1S/C11H6BrFN2O3/c12-6-1-2-9(8(3-6)10(16)17)18-11-14-4-7(13)5-15-11/h1-5H,(H,16,17). The molecule has 18 heavy (non-hydrogen) atoms. The number of carboxylic acids is 1. The molecule has 5 nitrogen and oxygen atoms in total. The van der Waals surface area contributed by atoms with Gasteiger partial charge < -0.3 is 9.84 Å². The predicted octanol–water partition coefficient (Wildman–Crippen LogP) is 2.87. The summed E-state index contributed by atoms with van der Waals surface area (Å²) >= 11 is 3.16. The largest absolute Gasteiger partial charge is 0.478 e. The Kier molecular flexibility index (Phi) is 3.52. The van der Waals surface area contributed by atoms with Crippen molar-refractivity contribution in [3.05, 3.63) is 46.4 Å². The van der Waals surface area contributed by atoms with Gasteiger partial charge in [0.25, 0.3) is 0 Å². The molecule has 0 aliphatic rings. The first-order chi connectivity index (χ1) is 8.56. The Bertz CT molecular complexity index is 589. The third-order valence-electron chi connectivity index (χ3n) is 1.97. The predicted molar refractivity (Wildman–Crippen MR) is 63.2 cm³/mol. The summed E-state index contributed by atoms with van der Waals surface area (Å²) in [6, 6.07) is 4.34. The molecule has 1 aromatic heterocycles. The van der Waals surface area contributed by atoms with Crippen molar-refractivity contribution in [2.45, 2.75) is 0 Å². The molecular weight excluding hydrogens is 307 g/mol. The summed E-state index contributed by atoms with van der Waals surface area (Å²) in [6.45, 7) is 0. The Morgan fingerprint density at radius 1 is 1.33 bits per heavy atom. The van der Waals surface area contributed by atoms with Crippen molar-refractivity contribution in [3.8, 4) is 11.8 Å². The van der Waals surface area contributed by atoms with Gasteiger partial charge in [-0.3, -0.25) is 0 Å². The van der Waals surface area contributed by atoms with Crippen LogP contribution in [-0.2, 0) is 0 Å². The summed E-state index contributed by atoms with van der Waals surface area (Å²) < 4.78 is 18.4. The Labute approximate surface area is 109 Å². The molecule has 0 spiro atoms. The van der Waals surface area contributed by atoms with Gasteiger partial charge >= 0.3 is 12.0 Å². The van der Waals surface area contributed by atoms with E-state index < -0.39 is 11.8 Å². The van der Waals surface area contributed by atoms with Crippen LogP contribution in [0.5, 0.6) is 11.8 Å². The van der Waals surface area contributed by atoms with Crippen molar-refractivity contribution in [2.75, 3.05) is 0 Å². The number of benzene rings is 1. The van der Waals surface area contributed by atoms with Gasteiger partial charge in [0.1, 0.15) is 11.3 Å². The summed E-state index contributed by atoms with van der Waals surface area (Å²) in [5.74, 6) is -1.66. The molecule has 0 saturated carbocycles. The summed E-state index contributed by atoms with van der Waals surface area (Å²) in [5.41, 5.74) is -0.0442. The number of rotatable bonds is 3. The zero-order chi connectivity index (χ0) is 13.1. The first-order valence-electron chi connectivity index (χ1n) is 4.74. The van der Waals surface area contributed by atoms with Crippen LogP contribution >= 0.6 is 15.9 Å². The lowest BCUT2D eigenvalue weighted by molar-refractivity contribution is 0.0694. The lowest BCUT2D eigenvalue weighted by Gasteiger charge is -2.07. The van der Waals surface area contributed by atoms with Crippen LogP contribution < -0.4 is 4.74 Å². The average Bonchev–Trinajstić information content (AvgIpc) is 2.34. The van der Waals surface area contributed by atoms with Crippen molar-refractivity contribution in [3.63, 3.8) is 0 Å². The quantitative estimate of drug-likeness (QED) is 0.943. The van der Waals surface area contributed by atoms with Gasteiger partial charge in [-0.2, -0.15) is 0 Å². The van der Waals surface area contributed by atoms with Crippen molar-refractivity contribution in [2.24, 2.45) is 0 Å². The molecule has 0 aliphatic carbocycles. The van der Waals surface area contributed by atoms with Crippen LogP contribution in [0, 0.1) is 5.82 Å². The molecule has 1 N–H and O–H groups in total. The number of ether oxygens (including phenoxy) is 1. The van der Waals surface area contributed by atoms with Gasteiger partial charge in [0.15, 0.2) is 5.82 Å². The van der Waals surface area contributed by atoms with Gasteiger partial charge in [-0.05, 0) is 18.2 Å². The zero-order valence-electron chi connectivity index (χ0n) is 8.80. The van der Waals surface area contributed by atoms with Crippen LogP contribution in [-0.4, -0.2) is 21.0 Å². The van der Waals surface area contributed by atoms with E-state index in [1.54, 1.807) is 6.07 Å². The number of nitrogens with zero attached hydrogens (tertiary/aromatic N) is 2. The summed E-state index contributed by atoms with van der Waals surface area (Å²) in [6.07, 6.45) is 1.86. The molecule has 1 aromatic carbocycles. The lowest BCUT2D eigenvalue weighted by Crippen LogP contribution is -2.01. The number of aromatic carboxylic acids is 1. The second-order valence-electron chi connectivity index (χ2n) is 3.23. The van der Waals surface area contributed by atoms with E-state index >= 15 is 0 Å². The Balaban J connectivity index is 2.34. The van der Waals surface area contributed by atoms with E-state index in [-0.39, 0.29) is 17.3 Å². The van der Waals surface area contributed by atoms with Crippen LogP contribution in [0.3, 0.4) is 0 Å². The van der Waals surface area contributed by atoms with Crippen LogP contribution in [0.15, 0.2) is 35.1 Å². The monoisotopic (exact) mass is 312 g/mol. The normalized spacial score (nSPS) is 10.1. The maximum absolute atomic E-state index is 12.6. The minimum Gasteiger partial charge on any atom is -0.478 e. The van der Waals surface area contributed by atoms with Crippen LogP contribution in [0.25, 0.3) is 0 Å². The number of hydrogen-bond acceptors (Lipinski definition) is 4. The van der Waals surface area contributed by atoms with Gasteiger partial charge in [0, 0.05) is 4.47 Å². The third-order valence-corrected chi connectivity index (χ3v) is 2.46. The molecule has 2 rings (SSSR count). The van der Waals surface area contributed by atoms with E-state index in [1.807, 2.05) is 0 Å². The molecule has 0 aliphatic heterocycles. The van der Waals surface area contributed by atoms with E-state index in [2.05, 4.69) is 25.9 Å². The topological polar surface area (TPSA) is 72.3 Å². The summed E-state index contributed by atoms with van der Waals surface area (Å²) in [4.78, 5) is 18.2. The van der Waals surface area contributed by atoms with Gasteiger partial charge in [-0.15, -0.1) is 0 Å². The van der Waals surface area contributed by atoms with Gasteiger partial charge in [0.05, 0.1) is 12.4 Å². The second-order valence-corrected chi connectivity index (χ2v) is 4.15. The molecule has 0 atom stereocenters. The highest BCUT2D eigenvalue weighted by molar-refractivity contribution is 9.10. The van der Waals surface area contributed by atoms with Crippen molar-refractivity contribution in [1.29, 1.82) is 0 Å². The highest BCUT2D eigenvalue weighted by Gasteiger charge is 2.13. The molecule has 92 valence electrons. The van der Waals surface area contributed by atoms with Crippen molar-refractivity contribution < 1.29 is 19.0 Å². The van der Waals surface area contributed by atoms with Crippen LogP contribution in [0.4, 0.5) is 4.39 Å². The van der Waals surface area contributed by atoms with Crippen molar-refractivity contribution in [1.82, 2.24) is 9.97 Å². The fourth-order valence-corrected chi connectivity index (χ4v) is 1.57. The maximum Gasteiger partial charge on any atom is 0.339 e. The minimum absolute atomic E-state index is 0.0442. The van der Waals surface area contributed by atoms with E-state index in [9.17, 15) is 9.18 Å². The zero-order valence-corrected chi connectivity index (χ0v) is 10.4. The van der Waals surface area contributed by atoms with E-state index in [4.69, 9.17) is 9.84 Å². The fourth-order valence-electron chi connectivity index (χ4n) is 1.21. The van der Waals surface area contributed by atoms with E-state index in [0.29, 0.717) is 4.47 Å². The third kappa shape index (κ3) is 2.80. The minimum atomic E-state index is -1.14. The van der Waals surface area contributed by atoms with Gasteiger partial charge in [-0.1, -0.05) is 15.9 Å². The Morgan fingerprint density at radius 2 is 2.00 bits per heavy atom. The SMILES string of the molecule is O=C(O)c1cc(Br)ccc1Oc1ncc(F)cn1. The van der Waals surface area contributed by atoms with Crippen LogP contribution in [0.1, 0.15) is 10.4 Å². The number of carboxylic acid groups (broad SMARTS) is 1. The smallest absolute Gasteiger partial charge is 0.339 e. The lowest BCUT2D eigenvalue weighted by atomic mass is 10.2. The molecule has 0 bridgehead atoms. The molecule has 0 fully saturated rings. The van der Waals surface area contributed by atoms with E-state index in [1.165, 1.54) is 12.1 Å². The number of carbonyl (C=O) groups is 1. The molecule has 0 saturated heterocycles. The average molecular weight is 313 g/mol. The highest BCUT2D eigenvalue weighted by Crippen LogP contribution is 2.26. The summed E-state index contributed by atoms with van der Waals surface area (Å²) in [5, 5.41) is 9.01. The van der Waals surface area contributed by atoms with Crippen LogP contribution in [0.2, 0.25) is 0 Å². The van der Waals surface area contributed by atoms with Gasteiger partial charge in [-0.25, -0.2) is 19.2 Å². The number of hydrogen-bond donors (Lipinski definition) is 1. The Hall–Kier alpha value is -2.02. The van der Waals surface area contributed by atoms with Crippen molar-refractivity contribution >= 4 is 21.9 Å². The summed E-state index contributed by atoms with van der Waals surface area (Å²) in [7, 11) is 0. The number of aromatic nitrogens is 2. The molecule has 7 heteroatoms. The fraction of sp³-hybridized carbons (Fsp3) is 0.